The van der Waals surface area contributed by atoms with Crippen molar-refractivity contribution in [2.45, 2.75) is 37.7 Å². The second kappa shape index (κ2) is 5.38. The van der Waals surface area contributed by atoms with Gasteiger partial charge in [0.1, 0.15) is 4.90 Å². The first kappa shape index (κ1) is 13.5. The van der Waals surface area contributed by atoms with Crippen LogP contribution in [0.4, 0.5) is 0 Å². The number of ether oxygens (including phenoxy) is 1. The van der Waals surface area contributed by atoms with E-state index < -0.39 is 10.0 Å². The van der Waals surface area contributed by atoms with E-state index in [1.54, 1.807) is 6.92 Å². The monoisotopic (exact) mass is 273 g/mol. The topological polar surface area (TPSA) is 75.3 Å². The highest BCUT2D eigenvalue weighted by Crippen LogP contribution is 2.23. The van der Waals surface area contributed by atoms with Crippen molar-refractivity contribution in [2.24, 2.45) is 0 Å². The Morgan fingerprint density at radius 2 is 2.39 bits per heavy atom. The zero-order valence-corrected chi connectivity index (χ0v) is 11.5. The summed E-state index contributed by atoms with van der Waals surface area (Å²) >= 11 is 0. The van der Waals surface area contributed by atoms with Gasteiger partial charge in [-0.25, -0.2) is 8.42 Å². The van der Waals surface area contributed by atoms with Crippen molar-refractivity contribution in [3.8, 4) is 0 Å². The van der Waals surface area contributed by atoms with Gasteiger partial charge in [-0.1, -0.05) is 0 Å². The Morgan fingerprint density at radius 1 is 1.61 bits per heavy atom. The standard InChI is InChI=1S/C11H19N3O3S/c1-3-17-10-5-4-6-14(8-10)18(15,16)11-7-12-13-9(11)2/h7,10H,3-6,8H2,1-2H3,(H,12,13). The highest BCUT2D eigenvalue weighted by molar-refractivity contribution is 7.89. The number of nitrogens with zero attached hydrogens (tertiary/aromatic N) is 2. The maximum absolute atomic E-state index is 12.4. The predicted octanol–water partition coefficient (Wildman–Crippen LogP) is 0.908. The third-order valence-corrected chi connectivity index (χ3v) is 5.12. The molecule has 2 heterocycles. The van der Waals surface area contributed by atoms with E-state index in [4.69, 9.17) is 4.74 Å². The average molecular weight is 273 g/mol. The van der Waals surface area contributed by atoms with E-state index in [1.165, 1.54) is 10.5 Å². The lowest BCUT2D eigenvalue weighted by atomic mass is 10.1. The fraction of sp³-hybridized carbons (Fsp3) is 0.727. The third-order valence-electron chi connectivity index (χ3n) is 3.14. The molecule has 1 fully saturated rings. The van der Waals surface area contributed by atoms with Gasteiger partial charge < -0.3 is 4.74 Å². The van der Waals surface area contributed by atoms with Crippen LogP contribution < -0.4 is 0 Å². The van der Waals surface area contributed by atoms with Gasteiger partial charge in [-0.2, -0.15) is 9.40 Å². The van der Waals surface area contributed by atoms with Gasteiger partial charge in [-0.15, -0.1) is 0 Å². The summed E-state index contributed by atoms with van der Waals surface area (Å²) in [7, 11) is -3.44. The number of rotatable bonds is 4. The smallest absolute Gasteiger partial charge is 0.246 e. The Kier molecular flexibility index (Phi) is 4.04. The van der Waals surface area contributed by atoms with Crippen molar-refractivity contribution in [2.75, 3.05) is 19.7 Å². The number of aryl methyl sites for hydroxylation is 1. The van der Waals surface area contributed by atoms with Crippen LogP contribution in [0.1, 0.15) is 25.5 Å². The fourth-order valence-electron chi connectivity index (χ4n) is 2.23. The highest BCUT2D eigenvalue weighted by Gasteiger charge is 2.32. The van der Waals surface area contributed by atoms with Gasteiger partial charge in [0.05, 0.1) is 18.0 Å². The molecule has 0 amide bonds. The van der Waals surface area contributed by atoms with Gasteiger partial charge in [0.2, 0.25) is 10.0 Å². The Morgan fingerprint density at radius 3 is 3.00 bits per heavy atom. The summed E-state index contributed by atoms with van der Waals surface area (Å²) in [5.41, 5.74) is 0.577. The number of hydrogen-bond acceptors (Lipinski definition) is 4. The molecule has 6 nitrogen and oxygen atoms in total. The van der Waals surface area contributed by atoms with Crippen molar-refractivity contribution in [1.82, 2.24) is 14.5 Å². The molecule has 102 valence electrons. The first-order valence-corrected chi connectivity index (χ1v) is 7.61. The Bertz CT molecular complexity index is 495. The molecule has 1 unspecified atom stereocenters. The second-order valence-electron chi connectivity index (χ2n) is 4.44. The molecule has 1 aliphatic heterocycles. The van der Waals surface area contributed by atoms with E-state index in [0.29, 0.717) is 25.4 Å². The Labute approximate surface area is 107 Å². The summed E-state index contributed by atoms with van der Waals surface area (Å²) in [4.78, 5) is 0.264. The number of nitrogens with one attached hydrogen (secondary N) is 1. The first-order valence-electron chi connectivity index (χ1n) is 6.17. The molecule has 0 aliphatic carbocycles. The van der Waals surface area contributed by atoms with E-state index in [9.17, 15) is 8.42 Å². The maximum atomic E-state index is 12.4. The van der Waals surface area contributed by atoms with Crippen LogP contribution in [0.3, 0.4) is 0 Å². The van der Waals surface area contributed by atoms with Crippen LogP contribution in [-0.4, -0.2) is 48.7 Å². The van der Waals surface area contributed by atoms with E-state index in [1.807, 2.05) is 6.92 Å². The molecular formula is C11H19N3O3S. The van der Waals surface area contributed by atoms with E-state index in [0.717, 1.165) is 12.8 Å². The summed E-state index contributed by atoms with van der Waals surface area (Å²) < 4.78 is 31.9. The summed E-state index contributed by atoms with van der Waals surface area (Å²) in [6.07, 6.45) is 3.13. The molecule has 1 aliphatic rings. The van der Waals surface area contributed by atoms with Gasteiger partial charge >= 0.3 is 0 Å². The molecule has 0 spiro atoms. The minimum absolute atomic E-state index is 0.00531. The zero-order chi connectivity index (χ0) is 13.2. The molecule has 0 saturated carbocycles. The molecular weight excluding hydrogens is 254 g/mol. The molecule has 0 bridgehead atoms. The molecule has 0 radical (unpaired) electrons. The molecule has 1 aromatic heterocycles. The van der Waals surface area contributed by atoms with Crippen LogP contribution in [0, 0.1) is 6.92 Å². The summed E-state index contributed by atoms with van der Waals surface area (Å²) in [6, 6.07) is 0. The highest BCUT2D eigenvalue weighted by atomic mass is 32.2. The number of sulfonamides is 1. The van der Waals surface area contributed by atoms with Crippen molar-refractivity contribution in [1.29, 1.82) is 0 Å². The Balaban J connectivity index is 2.18. The van der Waals surface area contributed by atoms with Gasteiger partial charge in [0.25, 0.3) is 0 Å². The number of aromatic nitrogens is 2. The minimum atomic E-state index is -3.44. The number of piperidine rings is 1. The lowest BCUT2D eigenvalue weighted by molar-refractivity contribution is 0.0265. The first-order chi connectivity index (χ1) is 8.55. The van der Waals surface area contributed by atoms with Crippen molar-refractivity contribution in [3.05, 3.63) is 11.9 Å². The van der Waals surface area contributed by atoms with Crippen LogP contribution >= 0.6 is 0 Å². The molecule has 18 heavy (non-hydrogen) atoms. The van der Waals surface area contributed by atoms with Gasteiger partial charge in [-0.3, -0.25) is 5.10 Å². The number of hydrogen-bond donors (Lipinski definition) is 1. The summed E-state index contributed by atoms with van der Waals surface area (Å²) in [5, 5.41) is 6.44. The normalized spacial score (nSPS) is 22.2. The molecule has 1 N–H and O–H groups in total. The zero-order valence-electron chi connectivity index (χ0n) is 10.7. The number of H-pyrrole nitrogens is 1. The van der Waals surface area contributed by atoms with Crippen LogP contribution in [0.25, 0.3) is 0 Å². The second-order valence-corrected chi connectivity index (χ2v) is 6.35. The quantitative estimate of drug-likeness (QED) is 0.884. The van der Waals surface area contributed by atoms with Crippen LogP contribution in [0.15, 0.2) is 11.1 Å². The van der Waals surface area contributed by atoms with Crippen LogP contribution in [0.5, 0.6) is 0 Å². The van der Waals surface area contributed by atoms with Gasteiger partial charge in [0.15, 0.2) is 0 Å². The van der Waals surface area contributed by atoms with E-state index in [2.05, 4.69) is 10.2 Å². The van der Waals surface area contributed by atoms with Gasteiger partial charge in [0, 0.05) is 19.7 Å². The summed E-state index contributed by atoms with van der Waals surface area (Å²) in [5.74, 6) is 0. The molecule has 1 saturated heterocycles. The van der Waals surface area contributed by atoms with E-state index >= 15 is 0 Å². The lowest BCUT2D eigenvalue weighted by Gasteiger charge is -2.31. The van der Waals surface area contributed by atoms with Crippen molar-refractivity contribution < 1.29 is 13.2 Å². The maximum Gasteiger partial charge on any atom is 0.246 e. The largest absolute Gasteiger partial charge is 0.377 e. The SMILES string of the molecule is CCOC1CCCN(S(=O)(=O)c2cn[nH]c2C)C1. The molecule has 2 rings (SSSR count). The van der Waals surface area contributed by atoms with Gasteiger partial charge in [-0.05, 0) is 26.7 Å². The lowest BCUT2D eigenvalue weighted by Crippen LogP contribution is -2.43. The molecule has 1 aromatic rings. The van der Waals surface area contributed by atoms with E-state index in [-0.39, 0.29) is 11.0 Å². The third kappa shape index (κ3) is 2.57. The minimum Gasteiger partial charge on any atom is -0.377 e. The molecule has 0 aromatic carbocycles. The van der Waals surface area contributed by atoms with Crippen molar-refractivity contribution in [3.63, 3.8) is 0 Å². The van der Waals surface area contributed by atoms with Crippen LogP contribution in [-0.2, 0) is 14.8 Å². The predicted molar refractivity (Wildman–Crippen MR) is 66.7 cm³/mol. The Hall–Kier alpha value is -0.920. The average Bonchev–Trinajstić information content (AvgIpc) is 2.77. The number of aromatic amines is 1. The molecule has 1 atom stereocenters. The fourth-order valence-corrected chi connectivity index (χ4v) is 3.86. The summed E-state index contributed by atoms with van der Waals surface area (Å²) in [6.45, 7) is 5.23. The molecule has 7 heteroatoms. The van der Waals surface area contributed by atoms with Crippen molar-refractivity contribution >= 4 is 10.0 Å². The van der Waals surface area contributed by atoms with Crippen LogP contribution in [0.2, 0.25) is 0 Å².